The first-order valence-electron chi connectivity index (χ1n) is 2.50. The number of hydrogen-bond acceptors (Lipinski definition) is 4. The number of rotatable bonds is 2. The van der Waals surface area contributed by atoms with Crippen molar-refractivity contribution in [3.05, 3.63) is 34.7 Å². The number of nitrogens with zero attached hydrogens (tertiary/aromatic N) is 2. The standard InChI is InChI=1S/C5H4N2O3/c8-7(9)3-1-5-6-2-4-10-5/h1-4H/b3-1+. The Hall–Kier alpha value is -1.65. The third-order valence-electron chi connectivity index (χ3n) is 0.790. The van der Waals surface area contributed by atoms with Crippen molar-refractivity contribution < 1.29 is 9.34 Å². The molecule has 0 bridgehead atoms. The molecule has 1 heterocycles. The van der Waals surface area contributed by atoms with Gasteiger partial charge in [-0.05, 0) is 0 Å². The highest BCUT2D eigenvalue weighted by Gasteiger charge is 1.91. The predicted octanol–water partition coefficient (Wildman–Crippen LogP) is 0.922. The van der Waals surface area contributed by atoms with E-state index >= 15 is 0 Å². The van der Waals surface area contributed by atoms with Crippen molar-refractivity contribution in [2.45, 2.75) is 0 Å². The number of nitro groups is 1. The fourth-order valence-electron chi connectivity index (χ4n) is 0.441. The fraction of sp³-hybridized carbons (Fsp3) is 0. The van der Waals surface area contributed by atoms with Crippen LogP contribution in [0.15, 0.2) is 23.1 Å². The summed E-state index contributed by atoms with van der Waals surface area (Å²) in [6.07, 6.45) is 4.71. The lowest BCUT2D eigenvalue weighted by Crippen LogP contribution is -1.81. The Morgan fingerprint density at radius 2 is 2.60 bits per heavy atom. The van der Waals surface area contributed by atoms with Gasteiger partial charge in [-0.3, -0.25) is 10.1 Å². The summed E-state index contributed by atoms with van der Waals surface area (Å²) in [5.41, 5.74) is 0. The smallest absolute Gasteiger partial charge is 0.239 e. The zero-order valence-electron chi connectivity index (χ0n) is 4.93. The molecule has 10 heavy (non-hydrogen) atoms. The first-order valence-corrected chi connectivity index (χ1v) is 2.50. The van der Waals surface area contributed by atoms with E-state index in [2.05, 4.69) is 9.40 Å². The molecule has 0 atom stereocenters. The third kappa shape index (κ3) is 1.70. The summed E-state index contributed by atoms with van der Waals surface area (Å²) >= 11 is 0. The van der Waals surface area contributed by atoms with Crippen LogP contribution >= 0.6 is 0 Å². The highest BCUT2D eigenvalue weighted by atomic mass is 16.6. The average Bonchev–Trinajstić information content (AvgIpc) is 2.34. The van der Waals surface area contributed by atoms with Gasteiger partial charge in [-0.2, -0.15) is 0 Å². The first kappa shape index (κ1) is 6.47. The molecule has 0 amide bonds. The van der Waals surface area contributed by atoms with Crippen LogP contribution in [0.25, 0.3) is 6.08 Å². The van der Waals surface area contributed by atoms with Crippen molar-refractivity contribution in [1.29, 1.82) is 0 Å². The highest BCUT2D eigenvalue weighted by molar-refractivity contribution is 5.34. The molecular formula is C5H4N2O3. The molecule has 1 aromatic rings. The Morgan fingerprint density at radius 1 is 1.80 bits per heavy atom. The second kappa shape index (κ2) is 2.77. The topological polar surface area (TPSA) is 69.2 Å². The van der Waals surface area contributed by atoms with Gasteiger partial charge in [0.1, 0.15) is 6.26 Å². The maximum absolute atomic E-state index is 9.74. The fourth-order valence-corrected chi connectivity index (χ4v) is 0.441. The zero-order valence-corrected chi connectivity index (χ0v) is 4.93. The molecule has 5 heteroatoms. The molecule has 0 N–H and O–H groups in total. The van der Waals surface area contributed by atoms with E-state index in [1.807, 2.05) is 0 Å². The largest absolute Gasteiger partial charge is 0.445 e. The molecule has 0 fully saturated rings. The van der Waals surface area contributed by atoms with Crippen molar-refractivity contribution >= 4 is 6.08 Å². The van der Waals surface area contributed by atoms with Crippen LogP contribution in [0.3, 0.4) is 0 Å². The number of aromatic nitrogens is 1. The molecule has 1 aromatic heterocycles. The van der Waals surface area contributed by atoms with Crippen LogP contribution in [0.2, 0.25) is 0 Å². The van der Waals surface area contributed by atoms with E-state index in [-0.39, 0.29) is 5.89 Å². The van der Waals surface area contributed by atoms with Crippen LogP contribution in [0.5, 0.6) is 0 Å². The molecule has 1 rings (SSSR count). The van der Waals surface area contributed by atoms with Gasteiger partial charge in [-0.15, -0.1) is 0 Å². The van der Waals surface area contributed by atoms with E-state index in [1.54, 1.807) is 0 Å². The van der Waals surface area contributed by atoms with Crippen LogP contribution in [-0.4, -0.2) is 9.91 Å². The normalized spacial score (nSPS) is 10.4. The maximum Gasteiger partial charge on any atom is 0.239 e. The van der Waals surface area contributed by atoms with Crippen molar-refractivity contribution in [3.63, 3.8) is 0 Å². The Balaban J connectivity index is 2.64. The van der Waals surface area contributed by atoms with Crippen LogP contribution in [0.1, 0.15) is 5.89 Å². The summed E-state index contributed by atoms with van der Waals surface area (Å²) < 4.78 is 4.68. The van der Waals surface area contributed by atoms with Gasteiger partial charge in [0, 0.05) is 0 Å². The minimum absolute atomic E-state index is 0.233. The van der Waals surface area contributed by atoms with Gasteiger partial charge in [0.05, 0.1) is 17.2 Å². The van der Waals surface area contributed by atoms with E-state index in [0.29, 0.717) is 0 Å². The monoisotopic (exact) mass is 140 g/mol. The van der Waals surface area contributed by atoms with E-state index in [1.165, 1.54) is 18.5 Å². The van der Waals surface area contributed by atoms with E-state index in [4.69, 9.17) is 0 Å². The Morgan fingerprint density at radius 3 is 3.10 bits per heavy atom. The summed E-state index contributed by atoms with van der Waals surface area (Å²) in [5, 5.41) is 9.74. The second-order valence-corrected chi connectivity index (χ2v) is 1.47. The van der Waals surface area contributed by atoms with Crippen LogP contribution in [0.4, 0.5) is 0 Å². The van der Waals surface area contributed by atoms with Gasteiger partial charge in [0.2, 0.25) is 12.1 Å². The van der Waals surface area contributed by atoms with E-state index in [0.717, 1.165) is 6.20 Å². The van der Waals surface area contributed by atoms with Crippen LogP contribution in [-0.2, 0) is 0 Å². The minimum atomic E-state index is -0.579. The summed E-state index contributed by atoms with van der Waals surface area (Å²) in [5.74, 6) is 0.233. The van der Waals surface area contributed by atoms with Crippen molar-refractivity contribution in [2.24, 2.45) is 0 Å². The van der Waals surface area contributed by atoms with Crippen LogP contribution in [0, 0.1) is 10.1 Å². The Bertz CT molecular complexity index is 239. The van der Waals surface area contributed by atoms with Gasteiger partial charge < -0.3 is 4.42 Å². The maximum atomic E-state index is 9.74. The molecule has 52 valence electrons. The molecule has 0 aromatic carbocycles. The average molecular weight is 140 g/mol. The lowest BCUT2D eigenvalue weighted by Gasteiger charge is -1.76. The number of hydrogen-bond donors (Lipinski definition) is 0. The highest BCUT2D eigenvalue weighted by Crippen LogP contribution is 1.96. The Kier molecular flexibility index (Phi) is 1.79. The number of oxazole rings is 1. The molecule has 0 unspecified atom stereocenters. The van der Waals surface area contributed by atoms with Crippen LogP contribution < -0.4 is 0 Å². The predicted molar refractivity (Wildman–Crippen MR) is 32.5 cm³/mol. The van der Waals surface area contributed by atoms with Gasteiger partial charge in [0.15, 0.2) is 0 Å². The van der Waals surface area contributed by atoms with E-state index in [9.17, 15) is 10.1 Å². The lowest BCUT2D eigenvalue weighted by atomic mass is 10.6. The first-order chi connectivity index (χ1) is 4.79. The summed E-state index contributed by atoms with van der Waals surface area (Å²) in [7, 11) is 0. The minimum Gasteiger partial charge on any atom is -0.445 e. The van der Waals surface area contributed by atoms with E-state index < -0.39 is 4.92 Å². The molecule has 0 aliphatic heterocycles. The third-order valence-corrected chi connectivity index (χ3v) is 0.790. The van der Waals surface area contributed by atoms with Gasteiger partial charge in [-0.1, -0.05) is 0 Å². The lowest BCUT2D eigenvalue weighted by molar-refractivity contribution is -0.401. The van der Waals surface area contributed by atoms with Gasteiger partial charge >= 0.3 is 0 Å². The molecule has 0 aliphatic rings. The molecule has 0 aliphatic carbocycles. The Labute approximate surface area is 56.1 Å². The van der Waals surface area contributed by atoms with Gasteiger partial charge in [-0.25, -0.2) is 4.98 Å². The molecule has 0 saturated carbocycles. The molecular weight excluding hydrogens is 136 g/mol. The SMILES string of the molecule is O=[N+]([O-])/C=C/c1ncco1. The van der Waals surface area contributed by atoms with Crippen molar-refractivity contribution in [3.8, 4) is 0 Å². The zero-order chi connectivity index (χ0) is 7.40. The molecule has 0 saturated heterocycles. The quantitative estimate of drug-likeness (QED) is 0.452. The molecule has 0 spiro atoms. The summed E-state index contributed by atoms with van der Waals surface area (Å²) in [6, 6.07) is 0. The second-order valence-electron chi connectivity index (χ2n) is 1.47. The summed E-state index contributed by atoms with van der Waals surface area (Å²) in [4.78, 5) is 12.8. The van der Waals surface area contributed by atoms with Crippen molar-refractivity contribution in [1.82, 2.24) is 4.98 Å². The van der Waals surface area contributed by atoms with Crippen molar-refractivity contribution in [2.75, 3.05) is 0 Å². The molecule has 0 radical (unpaired) electrons. The molecule has 5 nitrogen and oxygen atoms in total. The van der Waals surface area contributed by atoms with Gasteiger partial charge in [0.25, 0.3) is 0 Å². The summed E-state index contributed by atoms with van der Waals surface area (Å²) in [6.45, 7) is 0.